The first-order chi connectivity index (χ1) is 13.0. The standard InChI is InChI=1S/C20H18N4O2S/c1-12-6-4-7-14(10-12)23(3)19(25)13(2)24-11-22-16-15-8-5-9-21-18(15)27-17(16)20(24)26/h4-11,13H,1-3H3/t13-/m0/s1. The van der Waals surface area contributed by atoms with E-state index in [0.29, 0.717) is 10.2 Å². The number of hydrogen-bond acceptors (Lipinski definition) is 5. The van der Waals surface area contributed by atoms with Crippen molar-refractivity contribution < 1.29 is 4.79 Å². The minimum atomic E-state index is -0.668. The lowest BCUT2D eigenvalue weighted by atomic mass is 10.2. The first-order valence-electron chi connectivity index (χ1n) is 8.56. The van der Waals surface area contributed by atoms with Crippen molar-refractivity contribution in [2.45, 2.75) is 19.9 Å². The van der Waals surface area contributed by atoms with Crippen LogP contribution in [0.4, 0.5) is 5.69 Å². The number of carbonyl (C=O) groups is 1. The average Bonchev–Trinajstić information content (AvgIpc) is 3.06. The third-order valence-corrected chi connectivity index (χ3v) is 5.77. The largest absolute Gasteiger partial charge is 0.314 e. The molecule has 1 atom stereocenters. The Bertz CT molecular complexity index is 1230. The molecule has 3 aromatic heterocycles. The summed E-state index contributed by atoms with van der Waals surface area (Å²) < 4.78 is 1.91. The van der Waals surface area contributed by atoms with Gasteiger partial charge in [0, 0.05) is 24.3 Å². The summed E-state index contributed by atoms with van der Waals surface area (Å²) in [7, 11) is 1.72. The van der Waals surface area contributed by atoms with Crippen molar-refractivity contribution in [2.75, 3.05) is 11.9 Å². The molecule has 7 heteroatoms. The van der Waals surface area contributed by atoms with Gasteiger partial charge in [-0.1, -0.05) is 12.1 Å². The molecule has 1 amide bonds. The highest BCUT2D eigenvalue weighted by molar-refractivity contribution is 7.25. The van der Waals surface area contributed by atoms with Gasteiger partial charge in [-0.05, 0) is 43.7 Å². The number of carbonyl (C=O) groups excluding carboxylic acids is 1. The molecule has 0 aliphatic carbocycles. The summed E-state index contributed by atoms with van der Waals surface area (Å²) in [5.41, 5.74) is 2.27. The maximum atomic E-state index is 13.0. The summed E-state index contributed by atoms with van der Waals surface area (Å²) in [6.07, 6.45) is 3.15. The zero-order valence-electron chi connectivity index (χ0n) is 15.2. The van der Waals surface area contributed by atoms with E-state index in [1.807, 2.05) is 43.3 Å². The van der Waals surface area contributed by atoms with Gasteiger partial charge in [0.1, 0.15) is 15.6 Å². The molecule has 3 heterocycles. The highest BCUT2D eigenvalue weighted by Crippen LogP contribution is 2.28. The van der Waals surface area contributed by atoms with E-state index in [1.165, 1.54) is 22.2 Å². The summed E-state index contributed by atoms with van der Waals surface area (Å²) in [5.74, 6) is -0.178. The molecule has 0 aliphatic heterocycles. The molecule has 0 unspecified atom stereocenters. The average molecular weight is 378 g/mol. The van der Waals surface area contributed by atoms with Gasteiger partial charge in [0.2, 0.25) is 5.91 Å². The molecule has 0 radical (unpaired) electrons. The van der Waals surface area contributed by atoms with E-state index in [-0.39, 0.29) is 11.5 Å². The molecule has 136 valence electrons. The quantitative estimate of drug-likeness (QED) is 0.547. The van der Waals surface area contributed by atoms with Crippen molar-refractivity contribution in [2.24, 2.45) is 0 Å². The lowest BCUT2D eigenvalue weighted by molar-refractivity contribution is -0.121. The van der Waals surface area contributed by atoms with E-state index < -0.39 is 6.04 Å². The van der Waals surface area contributed by atoms with Gasteiger partial charge in [-0.15, -0.1) is 11.3 Å². The third kappa shape index (κ3) is 2.90. The molecular weight excluding hydrogens is 360 g/mol. The Morgan fingerprint density at radius 3 is 2.81 bits per heavy atom. The van der Waals surface area contributed by atoms with Crippen LogP contribution in [0.25, 0.3) is 20.4 Å². The van der Waals surface area contributed by atoms with Gasteiger partial charge in [0.05, 0.1) is 11.8 Å². The van der Waals surface area contributed by atoms with Crippen LogP contribution in [0.5, 0.6) is 0 Å². The molecule has 4 aromatic rings. The number of aryl methyl sites for hydroxylation is 1. The van der Waals surface area contributed by atoms with Crippen LogP contribution in [0.2, 0.25) is 0 Å². The molecule has 1 aromatic carbocycles. The molecule has 6 nitrogen and oxygen atoms in total. The van der Waals surface area contributed by atoms with E-state index in [0.717, 1.165) is 21.5 Å². The van der Waals surface area contributed by atoms with Gasteiger partial charge < -0.3 is 4.90 Å². The number of anilines is 1. The molecule has 0 saturated carbocycles. The highest BCUT2D eigenvalue weighted by atomic mass is 32.1. The van der Waals surface area contributed by atoms with Gasteiger partial charge in [-0.3, -0.25) is 14.2 Å². The number of nitrogens with zero attached hydrogens (tertiary/aromatic N) is 4. The van der Waals surface area contributed by atoms with Crippen molar-refractivity contribution >= 4 is 43.4 Å². The van der Waals surface area contributed by atoms with Crippen LogP contribution in [0.15, 0.2) is 53.7 Å². The Kier molecular flexibility index (Phi) is 4.24. The lowest BCUT2D eigenvalue weighted by Crippen LogP contribution is -2.37. The lowest BCUT2D eigenvalue weighted by Gasteiger charge is -2.23. The Balaban J connectivity index is 1.75. The molecule has 0 N–H and O–H groups in total. The molecule has 0 fully saturated rings. The van der Waals surface area contributed by atoms with E-state index in [1.54, 1.807) is 25.1 Å². The Morgan fingerprint density at radius 2 is 2.04 bits per heavy atom. The SMILES string of the molecule is Cc1cccc(N(C)C(=O)[C@H](C)n2cnc3c(sc4ncccc43)c2=O)c1. The zero-order chi connectivity index (χ0) is 19.1. The summed E-state index contributed by atoms with van der Waals surface area (Å²) in [6, 6.07) is 10.7. The first kappa shape index (κ1) is 17.4. The summed E-state index contributed by atoms with van der Waals surface area (Å²) in [4.78, 5) is 37.0. The molecule has 0 saturated heterocycles. The second-order valence-corrected chi connectivity index (χ2v) is 7.50. The smallest absolute Gasteiger partial charge is 0.272 e. The van der Waals surface area contributed by atoms with Crippen molar-refractivity contribution in [1.82, 2.24) is 14.5 Å². The Labute approximate surface area is 159 Å². The number of amides is 1. The molecule has 0 bridgehead atoms. The molecule has 0 aliphatic rings. The van der Waals surface area contributed by atoms with Gasteiger partial charge in [0.25, 0.3) is 5.56 Å². The normalized spacial score (nSPS) is 12.4. The number of rotatable bonds is 3. The number of pyridine rings is 1. The van der Waals surface area contributed by atoms with Crippen LogP contribution in [-0.4, -0.2) is 27.5 Å². The number of fused-ring (bicyclic) bond motifs is 3. The van der Waals surface area contributed by atoms with Crippen molar-refractivity contribution in [3.05, 3.63) is 64.8 Å². The minimum Gasteiger partial charge on any atom is -0.314 e. The second-order valence-electron chi connectivity index (χ2n) is 6.51. The van der Waals surface area contributed by atoms with Crippen LogP contribution in [0.1, 0.15) is 18.5 Å². The summed E-state index contributed by atoms with van der Waals surface area (Å²) >= 11 is 1.31. The van der Waals surface area contributed by atoms with E-state index in [2.05, 4.69) is 9.97 Å². The number of likely N-dealkylation sites (N-methyl/N-ethyl adjacent to an activating group) is 1. The minimum absolute atomic E-state index is 0.178. The van der Waals surface area contributed by atoms with E-state index >= 15 is 0 Å². The van der Waals surface area contributed by atoms with Crippen molar-refractivity contribution in [3.63, 3.8) is 0 Å². The number of benzene rings is 1. The van der Waals surface area contributed by atoms with E-state index in [9.17, 15) is 9.59 Å². The maximum Gasteiger partial charge on any atom is 0.272 e. The molecule has 27 heavy (non-hydrogen) atoms. The molecular formula is C20H18N4O2S. The first-order valence-corrected chi connectivity index (χ1v) is 9.37. The van der Waals surface area contributed by atoms with E-state index in [4.69, 9.17) is 0 Å². The van der Waals surface area contributed by atoms with Gasteiger partial charge in [-0.2, -0.15) is 0 Å². The summed E-state index contributed by atoms with van der Waals surface area (Å²) in [6.45, 7) is 3.69. The molecule has 4 rings (SSSR count). The van der Waals surface area contributed by atoms with Crippen molar-refractivity contribution in [3.8, 4) is 0 Å². The predicted molar refractivity (Wildman–Crippen MR) is 108 cm³/mol. The zero-order valence-corrected chi connectivity index (χ0v) is 16.0. The number of aromatic nitrogens is 3. The fraction of sp³-hybridized carbons (Fsp3) is 0.200. The van der Waals surface area contributed by atoms with Crippen molar-refractivity contribution in [1.29, 1.82) is 0 Å². The fourth-order valence-electron chi connectivity index (χ4n) is 3.12. The number of hydrogen-bond donors (Lipinski definition) is 0. The highest BCUT2D eigenvalue weighted by Gasteiger charge is 2.23. The van der Waals surface area contributed by atoms with Gasteiger partial charge in [0.15, 0.2) is 0 Å². The maximum absolute atomic E-state index is 13.0. The third-order valence-electron chi connectivity index (χ3n) is 4.67. The van der Waals surface area contributed by atoms with Crippen LogP contribution in [-0.2, 0) is 4.79 Å². The Hall–Kier alpha value is -3.06. The van der Waals surface area contributed by atoms with Crippen LogP contribution < -0.4 is 10.5 Å². The molecule has 0 spiro atoms. The monoisotopic (exact) mass is 378 g/mol. The number of thiophene rings is 1. The predicted octanol–water partition coefficient (Wildman–Crippen LogP) is 3.54. The fourth-order valence-corrected chi connectivity index (χ4v) is 4.16. The topological polar surface area (TPSA) is 68.1 Å². The van der Waals surface area contributed by atoms with Crippen LogP contribution in [0.3, 0.4) is 0 Å². The van der Waals surface area contributed by atoms with Crippen LogP contribution in [0, 0.1) is 6.92 Å². The Morgan fingerprint density at radius 1 is 1.22 bits per heavy atom. The second kappa shape index (κ2) is 6.59. The van der Waals surface area contributed by atoms with Gasteiger partial charge >= 0.3 is 0 Å². The van der Waals surface area contributed by atoms with Crippen LogP contribution >= 0.6 is 11.3 Å². The summed E-state index contributed by atoms with van der Waals surface area (Å²) in [5, 5.41) is 0.859. The van der Waals surface area contributed by atoms with Gasteiger partial charge in [-0.25, -0.2) is 9.97 Å².